The maximum Gasteiger partial charge on any atom is 0.225 e. The second-order valence-corrected chi connectivity index (χ2v) is 3.68. The van der Waals surface area contributed by atoms with Crippen molar-refractivity contribution in [2.24, 2.45) is 0 Å². The van der Waals surface area contributed by atoms with Gasteiger partial charge in [-0.05, 0) is 13.3 Å². The van der Waals surface area contributed by atoms with E-state index in [0.717, 1.165) is 13.0 Å². The standard InChI is InChI=1S/C12H20N4O2/c1-3-7-13-10(17)5-8-14-12-15-9-6-11(16-12)18-4-2/h6,9H,3-5,7-8H2,1-2H3,(H,13,17)(H,14,15,16). The molecule has 6 heteroatoms. The summed E-state index contributed by atoms with van der Waals surface area (Å²) in [7, 11) is 0. The number of nitrogens with one attached hydrogen (secondary N) is 2. The number of amides is 1. The van der Waals surface area contributed by atoms with Gasteiger partial charge in [0.1, 0.15) is 0 Å². The van der Waals surface area contributed by atoms with Gasteiger partial charge in [0.25, 0.3) is 0 Å². The molecule has 0 spiro atoms. The van der Waals surface area contributed by atoms with E-state index in [4.69, 9.17) is 4.74 Å². The first-order valence-corrected chi connectivity index (χ1v) is 6.22. The first-order chi connectivity index (χ1) is 8.76. The summed E-state index contributed by atoms with van der Waals surface area (Å²) in [6, 6.07) is 1.70. The van der Waals surface area contributed by atoms with Gasteiger partial charge in [0.15, 0.2) is 0 Å². The van der Waals surface area contributed by atoms with Gasteiger partial charge in [-0.3, -0.25) is 4.79 Å². The predicted molar refractivity (Wildman–Crippen MR) is 69.6 cm³/mol. The van der Waals surface area contributed by atoms with Gasteiger partial charge in [-0.1, -0.05) is 6.92 Å². The highest BCUT2D eigenvalue weighted by Crippen LogP contribution is 2.07. The predicted octanol–water partition coefficient (Wildman–Crippen LogP) is 1.20. The van der Waals surface area contributed by atoms with Crippen molar-refractivity contribution in [3.8, 4) is 5.88 Å². The highest BCUT2D eigenvalue weighted by Gasteiger charge is 2.02. The number of carbonyl (C=O) groups excluding carboxylic acids is 1. The molecule has 0 aromatic carbocycles. The second-order valence-electron chi connectivity index (χ2n) is 3.68. The van der Waals surface area contributed by atoms with Crippen LogP contribution in [0.1, 0.15) is 26.7 Å². The van der Waals surface area contributed by atoms with Crippen LogP contribution >= 0.6 is 0 Å². The third-order valence-electron chi connectivity index (χ3n) is 2.13. The molecule has 1 amide bonds. The van der Waals surface area contributed by atoms with Crippen molar-refractivity contribution in [1.29, 1.82) is 0 Å². The van der Waals surface area contributed by atoms with E-state index in [2.05, 4.69) is 20.6 Å². The van der Waals surface area contributed by atoms with Crippen LogP contribution in [0.15, 0.2) is 12.3 Å². The summed E-state index contributed by atoms with van der Waals surface area (Å²) in [5.41, 5.74) is 0. The highest BCUT2D eigenvalue weighted by atomic mass is 16.5. The smallest absolute Gasteiger partial charge is 0.225 e. The van der Waals surface area contributed by atoms with Crippen LogP contribution < -0.4 is 15.4 Å². The number of hydrogen-bond acceptors (Lipinski definition) is 5. The van der Waals surface area contributed by atoms with Crippen molar-refractivity contribution in [2.45, 2.75) is 26.7 Å². The van der Waals surface area contributed by atoms with E-state index >= 15 is 0 Å². The van der Waals surface area contributed by atoms with E-state index in [1.807, 2.05) is 13.8 Å². The first-order valence-electron chi connectivity index (χ1n) is 6.22. The van der Waals surface area contributed by atoms with Gasteiger partial charge < -0.3 is 15.4 Å². The molecule has 0 unspecified atom stereocenters. The number of rotatable bonds is 8. The van der Waals surface area contributed by atoms with E-state index in [1.54, 1.807) is 12.3 Å². The molecule has 0 aliphatic rings. The molecule has 0 atom stereocenters. The number of hydrogen-bond donors (Lipinski definition) is 2. The van der Waals surface area contributed by atoms with Gasteiger partial charge in [0.2, 0.25) is 17.7 Å². The minimum atomic E-state index is 0.0327. The quantitative estimate of drug-likeness (QED) is 0.727. The fourth-order valence-electron chi connectivity index (χ4n) is 1.30. The summed E-state index contributed by atoms with van der Waals surface area (Å²) < 4.78 is 5.26. The van der Waals surface area contributed by atoms with E-state index in [0.29, 0.717) is 31.4 Å². The topological polar surface area (TPSA) is 76.1 Å². The molecule has 1 aromatic heterocycles. The van der Waals surface area contributed by atoms with Gasteiger partial charge >= 0.3 is 0 Å². The van der Waals surface area contributed by atoms with Gasteiger partial charge in [-0.25, -0.2) is 4.98 Å². The Kier molecular flexibility index (Phi) is 6.53. The molecule has 0 radical (unpaired) electrons. The minimum Gasteiger partial charge on any atom is -0.478 e. The molecule has 2 N–H and O–H groups in total. The molecule has 0 aliphatic carbocycles. The Hall–Kier alpha value is -1.85. The van der Waals surface area contributed by atoms with Crippen LogP contribution in [0.25, 0.3) is 0 Å². The summed E-state index contributed by atoms with van der Waals surface area (Å²) in [6.45, 7) is 5.70. The van der Waals surface area contributed by atoms with Crippen molar-refractivity contribution < 1.29 is 9.53 Å². The van der Waals surface area contributed by atoms with Crippen LogP contribution in [-0.2, 0) is 4.79 Å². The fraction of sp³-hybridized carbons (Fsp3) is 0.583. The Bertz CT molecular complexity index is 371. The molecular formula is C12H20N4O2. The number of nitrogens with zero attached hydrogens (tertiary/aromatic N) is 2. The molecule has 1 heterocycles. The minimum absolute atomic E-state index is 0.0327. The average Bonchev–Trinajstić information content (AvgIpc) is 2.37. The third kappa shape index (κ3) is 5.47. The summed E-state index contributed by atoms with van der Waals surface area (Å²) in [5.74, 6) is 1.04. The maximum absolute atomic E-state index is 11.3. The SMILES string of the molecule is CCCNC(=O)CCNc1nccc(OCC)n1. The lowest BCUT2D eigenvalue weighted by atomic mass is 10.4. The molecule has 1 rings (SSSR count). The van der Waals surface area contributed by atoms with Crippen LogP contribution in [-0.4, -0.2) is 35.6 Å². The lowest BCUT2D eigenvalue weighted by molar-refractivity contribution is -0.120. The maximum atomic E-state index is 11.3. The van der Waals surface area contributed by atoms with Crippen LogP contribution in [0, 0.1) is 0 Å². The van der Waals surface area contributed by atoms with Gasteiger partial charge in [0.05, 0.1) is 6.61 Å². The van der Waals surface area contributed by atoms with Crippen LogP contribution in [0.5, 0.6) is 5.88 Å². The third-order valence-corrected chi connectivity index (χ3v) is 2.13. The second kappa shape index (κ2) is 8.27. The van der Waals surface area contributed by atoms with Crippen molar-refractivity contribution in [2.75, 3.05) is 25.0 Å². The zero-order valence-corrected chi connectivity index (χ0v) is 10.9. The van der Waals surface area contributed by atoms with E-state index in [9.17, 15) is 4.79 Å². The lowest BCUT2D eigenvalue weighted by Gasteiger charge is -2.07. The zero-order chi connectivity index (χ0) is 13.2. The molecular weight excluding hydrogens is 232 g/mol. The molecule has 100 valence electrons. The normalized spacial score (nSPS) is 9.89. The molecule has 0 saturated carbocycles. The van der Waals surface area contributed by atoms with Crippen molar-refractivity contribution in [3.05, 3.63) is 12.3 Å². The number of aromatic nitrogens is 2. The molecule has 0 saturated heterocycles. The largest absolute Gasteiger partial charge is 0.478 e. The zero-order valence-electron chi connectivity index (χ0n) is 10.9. The van der Waals surface area contributed by atoms with E-state index in [1.165, 1.54) is 0 Å². The number of carbonyl (C=O) groups is 1. The highest BCUT2D eigenvalue weighted by molar-refractivity contribution is 5.76. The van der Waals surface area contributed by atoms with Gasteiger partial charge in [-0.15, -0.1) is 0 Å². The van der Waals surface area contributed by atoms with Crippen LogP contribution in [0.4, 0.5) is 5.95 Å². The van der Waals surface area contributed by atoms with E-state index < -0.39 is 0 Å². The lowest BCUT2D eigenvalue weighted by Crippen LogP contribution is -2.26. The molecule has 0 aliphatic heterocycles. The molecule has 0 fully saturated rings. The molecule has 6 nitrogen and oxygen atoms in total. The monoisotopic (exact) mass is 252 g/mol. The number of ether oxygens (including phenoxy) is 1. The summed E-state index contributed by atoms with van der Waals surface area (Å²) >= 11 is 0. The van der Waals surface area contributed by atoms with Crippen molar-refractivity contribution in [3.63, 3.8) is 0 Å². The summed E-state index contributed by atoms with van der Waals surface area (Å²) in [6.07, 6.45) is 2.97. The average molecular weight is 252 g/mol. The Morgan fingerprint density at radius 2 is 2.22 bits per heavy atom. The number of anilines is 1. The van der Waals surface area contributed by atoms with Crippen LogP contribution in [0.2, 0.25) is 0 Å². The van der Waals surface area contributed by atoms with Crippen molar-refractivity contribution >= 4 is 11.9 Å². The summed E-state index contributed by atoms with van der Waals surface area (Å²) in [5, 5.41) is 5.79. The Balaban J connectivity index is 2.30. The molecule has 0 bridgehead atoms. The Labute approximate surface area is 107 Å². The first kappa shape index (κ1) is 14.2. The van der Waals surface area contributed by atoms with Gasteiger partial charge in [-0.2, -0.15) is 4.98 Å². The Morgan fingerprint density at radius 3 is 2.94 bits per heavy atom. The molecule has 1 aromatic rings. The van der Waals surface area contributed by atoms with Crippen molar-refractivity contribution in [1.82, 2.24) is 15.3 Å². The van der Waals surface area contributed by atoms with Crippen LogP contribution in [0.3, 0.4) is 0 Å². The fourth-order valence-corrected chi connectivity index (χ4v) is 1.30. The molecule has 18 heavy (non-hydrogen) atoms. The van der Waals surface area contributed by atoms with E-state index in [-0.39, 0.29) is 5.91 Å². The van der Waals surface area contributed by atoms with Gasteiger partial charge in [0, 0.05) is 31.8 Å². The summed E-state index contributed by atoms with van der Waals surface area (Å²) in [4.78, 5) is 19.5. The Morgan fingerprint density at radius 1 is 1.39 bits per heavy atom.